The third-order valence-corrected chi connectivity index (χ3v) is 2.28. The molecule has 6 heteroatoms. The average molecular weight is 247 g/mol. The highest BCUT2D eigenvalue weighted by molar-refractivity contribution is 5.92. The molecule has 0 atom stereocenters. The van der Waals surface area contributed by atoms with E-state index < -0.39 is 0 Å². The van der Waals surface area contributed by atoms with Crippen molar-refractivity contribution in [1.29, 1.82) is 0 Å². The fourth-order valence-electron chi connectivity index (χ4n) is 1.47. The van der Waals surface area contributed by atoms with Gasteiger partial charge in [0.2, 0.25) is 11.8 Å². The minimum absolute atomic E-state index is 0.159. The van der Waals surface area contributed by atoms with Crippen LogP contribution >= 0.6 is 0 Å². The number of hydrogen-bond acceptors (Lipinski definition) is 4. The van der Waals surface area contributed by atoms with E-state index >= 15 is 0 Å². The number of nitrogens with zero attached hydrogens (tertiary/aromatic N) is 1. The van der Waals surface area contributed by atoms with E-state index in [2.05, 4.69) is 15.6 Å². The number of aromatic nitrogens is 1. The van der Waals surface area contributed by atoms with Gasteiger partial charge < -0.3 is 9.73 Å². The van der Waals surface area contributed by atoms with Gasteiger partial charge in [-0.3, -0.25) is 14.9 Å². The first-order valence-electron chi connectivity index (χ1n) is 5.56. The van der Waals surface area contributed by atoms with Crippen molar-refractivity contribution in [3.8, 4) is 0 Å². The van der Waals surface area contributed by atoms with Crippen molar-refractivity contribution < 1.29 is 14.0 Å². The molecule has 0 fully saturated rings. The number of rotatable bonds is 3. The second-order valence-electron chi connectivity index (χ2n) is 3.78. The summed E-state index contributed by atoms with van der Waals surface area (Å²) in [4.78, 5) is 26.2. The summed E-state index contributed by atoms with van der Waals surface area (Å²) in [5.74, 6) is -0.322. The maximum absolute atomic E-state index is 11.2. The van der Waals surface area contributed by atoms with Crippen molar-refractivity contribution in [2.75, 3.05) is 10.6 Å². The molecule has 2 aromatic rings. The second-order valence-corrected chi connectivity index (χ2v) is 3.78. The molecule has 18 heavy (non-hydrogen) atoms. The first-order chi connectivity index (χ1) is 8.58. The zero-order chi connectivity index (χ0) is 13.1. The predicted molar refractivity (Wildman–Crippen MR) is 67.2 cm³/mol. The fraction of sp³-hybridized carbons (Fsp3) is 0.250. The average Bonchev–Trinajstić information content (AvgIpc) is 2.69. The van der Waals surface area contributed by atoms with Gasteiger partial charge >= 0.3 is 6.01 Å². The summed E-state index contributed by atoms with van der Waals surface area (Å²) in [6.07, 6.45) is 0.357. The molecule has 1 aromatic heterocycles. The predicted octanol–water partition coefficient (Wildman–Crippen LogP) is 2.13. The molecule has 2 N–H and O–H groups in total. The molecule has 0 unspecified atom stereocenters. The Labute approximate surface area is 103 Å². The lowest BCUT2D eigenvalue weighted by Crippen LogP contribution is -2.09. The highest BCUT2D eigenvalue weighted by atomic mass is 16.4. The molecule has 1 aromatic carbocycles. The van der Waals surface area contributed by atoms with Gasteiger partial charge in [-0.05, 0) is 12.1 Å². The highest BCUT2D eigenvalue weighted by Crippen LogP contribution is 2.22. The minimum Gasteiger partial charge on any atom is -0.423 e. The van der Waals surface area contributed by atoms with Gasteiger partial charge in [0.1, 0.15) is 5.52 Å². The number of benzene rings is 1. The van der Waals surface area contributed by atoms with Gasteiger partial charge in [-0.2, -0.15) is 4.98 Å². The van der Waals surface area contributed by atoms with E-state index in [1.165, 1.54) is 6.92 Å². The number of amides is 2. The van der Waals surface area contributed by atoms with Crippen LogP contribution in [0, 0.1) is 0 Å². The zero-order valence-corrected chi connectivity index (χ0v) is 10.1. The van der Waals surface area contributed by atoms with Crippen LogP contribution in [0.2, 0.25) is 0 Å². The largest absolute Gasteiger partial charge is 0.423 e. The van der Waals surface area contributed by atoms with Crippen molar-refractivity contribution in [3.05, 3.63) is 18.2 Å². The van der Waals surface area contributed by atoms with E-state index in [1.54, 1.807) is 25.1 Å². The Kier molecular flexibility index (Phi) is 3.27. The van der Waals surface area contributed by atoms with Crippen LogP contribution in [0.25, 0.3) is 11.1 Å². The molecular weight excluding hydrogens is 234 g/mol. The SMILES string of the molecule is CCC(=O)Nc1nc2ccc(NC(C)=O)cc2o1. The topological polar surface area (TPSA) is 84.2 Å². The molecule has 0 aliphatic carbocycles. The maximum atomic E-state index is 11.2. The molecule has 1 heterocycles. The van der Waals surface area contributed by atoms with Crippen LogP contribution in [-0.2, 0) is 9.59 Å². The number of oxazole rings is 1. The molecule has 94 valence electrons. The van der Waals surface area contributed by atoms with E-state index in [1.807, 2.05) is 0 Å². The van der Waals surface area contributed by atoms with E-state index in [9.17, 15) is 9.59 Å². The Morgan fingerprint density at radius 2 is 2.11 bits per heavy atom. The first kappa shape index (κ1) is 12.1. The molecular formula is C12H13N3O3. The van der Waals surface area contributed by atoms with E-state index in [4.69, 9.17) is 4.42 Å². The van der Waals surface area contributed by atoms with Crippen LogP contribution in [0.5, 0.6) is 0 Å². The fourth-order valence-corrected chi connectivity index (χ4v) is 1.47. The standard InChI is InChI=1S/C12H13N3O3/c1-3-11(17)15-12-14-9-5-4-8(13-7(2)16)6-10(9)18-12/h4-6H,3H2,1-2H3,(H,13,16)(H,14,15,17). The molecule has 0 bridgehead atoms. The third-order valence-electron chi connectivity index (χ3n) is 2.28. The third kappa shape index (κ3) is 2.65. The Morgan fingerprint density at radius 1 is 1.33 bits per heavy atom. The van der Waals surface area contributed by atoms with Crippen LogP contribution < -0.4 is 10.6 Å². The van der Waals surface area contributed by atoms with Gasteiger partial charge in [0.15, 0.2) is 5.58 Å². The molecule has 0 aliphatic rings. The van der Waals surface area contributed by atoms with Gasteiger partial charge in [0.25, 0.3) is 0 Å². The summed E-state index contributed by atoms with van der Waals surface area (Å²) in [6, 6.07) is 5.26. The summed E-state index contributed by atoms with van der Waals surface area (Å²) in [5.41, 5.74) is 1.75. The number of nitrogens with one attached hydrogen (secondary N) is 2. The summed E-state index contributed by atoms with van der Waals surface area (Å²) in [6.45, 7) is 3.17. The van der Waals surface area contributed by atoms with Crippen LogP contribution in [0.1, 0.15) is 20.3 Å². The number of carbonyl (C=O) groups is 2. The van der Waals surface area contributed by atoms with Gasteiger partial charge in [0, 0.05) is 25.1 Å². The lowest BCUT2D eigenvalue weighted by molar-refractivity contribution is -0.116. The van der Waals surface area contributed by atoms with Gasteiger partial charge in [-0.1, -0.05) is 6.92 Å². The maximum Gasteiger partial charge on any atom is 0.302 e. The first-order valence-corrected chi connectivity index (χ1v) is 5.56. The minimum atomic E-state index is -0.163. The molecule has 2 amide bonds. The van der Waals surface area contributed by atoms with E-state index in [-0.39, 0.29) is 17.8 Å². The van der Waals surface area contributed by atoms with E-state index in [0.717, 1.165) is 0 Å². The highest BCUT2D eigenvalue weighted by Gasteiger charge is 2.08. The monoisotopic (exact) mass is 247 g/mol. The molecule has 6 nitrogen and oxygen atoms in total. The smallest absolute Gasteiger partial charge is 0.302 e. The number of hydrogen-bond donors (Lipinski definition) is 2. The number of carbonyl (C=O) groups excluding carboxylic acids is 2. The van der Waals surface area contributed by atoms with Crippen molar-refractivity contribution in [1.82, 2.24) is 4.98 Å². The van der Waals surface area contributed by atoms with Crippen LogP contribution in [0.3, 0.4) is 0 Å². The van der Waals surface area contributed by atoms with Crippen molar-refractivity contribution in [2.24, 2.45) is 0 Å². The Bertz CT molecular complexity index is 604. The Morgan fingerprint density at radius 3 is 2.78 bits per heavy atom. The number of anilines is 2. The van der Waals surface area contributed by atoms with Crippen molar-refractivity contribution in [3.63, 3.8) is 0 Å². The van der Waals surface area contributed by atoms with Crippen molar-refractivity contribution in [2.45, 2.75) is 20.3 Å². The van der Waals surface area contributed by atoms with Crippen LogP contribution in [-0.4, -0.2) is 16.8 Å². The normalized spacial score (nSPS) is 10.3. The summed E-state index contributed by atoms with van der Waals surface area (Å²) in [5, 5.41) is 5.18. The summed E-state index contributed by atoms with van der Waals surface area (Å²) < 4.78 is 5.37. The molecule has 0 spiro atoms. The van der Waals surface area contributed by atoms with Gasteiger partial charge in [-0.25, -0.2) is 0 Å². The Hall–Kier alpha value is -2.37. The zero-order valence-electron chi connectivity index (χ0n) is 10.1. The summed E-state index contributed by atoms with van der Waals surface area (Å²) in [7, 11) is 0. The number of fused-ring (bicyclic) bond motifs is 1. The molecule has 0 radical (unpaired) electrons. The molecule has 0 aliphatic heterocycles. The van der Waals surface area contributed by atoms with Crippen LogP contribution in [0.4, 0.5) is 11.7 Å². The van der Waals surface area contributed by atoms with Gasteiger partial charge in [0.05, 0.1) is 0 Å². The molecule has 2 rings (SSSR count). The molecule has 0 saturated carbocycles. The molecule has 0 saturated heterocycles. The van der Waals surface area contributed by atoms with Gasteiger partial charge in [-0.15, -0.1) is 0 Å². The van der Waals surface area contributed by atoms with Crippen LogP contribution in [0.15, 0.2) is 22.6 Å². The van der Waals surface area contributed by atoms with E-state index in [0.29, 0.717) is 23.2 Å². The van der Waals surface area contributed by atoms with Crippen molar-refractivity contribution >= 4 is 34.6 Å². The summed E-state index contributed by atoms with van der Waals surface area (Å²) >= 11 is 0. The second kappa shape index (κ2) is 4.87. The quantitative estimate of drug-likeness (QED) is 0.870. The lowest BCUT2D eigenvalue weighted by atomic mass is 10.3. The lowest BCUT2D eigenvalue weighted by Gasteiger charge is -1.99. The Balaban J connectivity index is 2.27.